The molecule has 1 aliphatic rings. The number of hydrogen-bond donors (Lipinski definition) is 1. The highest BCUT2D eigenvalue weighted by Gasteiger charge is 2.35. The van der Waals surface area contributed by atoms with Crippen molar-refractivity contribution in [3.8, 4) is 22.5 Å². The first-order valence-electron chi connectivity index (χ1n) is 10.4. The summed E-state index contributed by atoms with van der Waals surface area (Å²) in [6, 6.07) is 19.5. The lowest BCUT2D eigenvalue weighted by Crippen LogP contribution is -2.35. The molecule has 1 aliphatic carbocycles. The van der Waals surface area contributed by atoms with Gasteiger partial charge in [0.15, 0.2) is 11.4 Å². The number of aromatic nitrogens is 2. The maximum absolute atomic E-state index is 13.7. The van der Waals surface area contributed by atoms with E-state index in [9.17, 15) is 15.1 Å². The second-order valence-corrected chi connectivity index (χ2v) is 7.71. The zero-order valence-corrected chi connectivity index (χ0v) is 16.5. The van der Waals surface area contributed by atoms with Gasteiger partial charge in [-0.1, -0.05) is 79.9 Å². The molecule has 0 aliphatic heterocycles. The largest absolute Gasteiger partial charge is 0.710 e. The third-order valence-corrected chi connectivity index (χ3v) is 5.80. The lowest BCUT2D eigenvalue weighted by molar-refractivity contribution is -0.604. The molecule has 5 heteroatoms. The summed E-state index contributed by atoms with van der Waals surface area (Å²) in [7, 11) is 0. The third-order valence-electron chi connectivity index (χ3n) is 5.80. The van der Waals surface area contributed by atoms with Crippen molar-refractivity contribution in [3.05, 3.63) is 71.7 Å². The van der Waals surface area contributed by atoms with Crippen molar-refractivity contribution in [2.24, 2.45) is 0 Å². The Morgan fingerprint density at radius 1 is 0.966 bits per heavy atom. The first kappa shape index (κ1) is 19.2. The molecule has 0 bridgehead atoms. The molecule has 0 spiro atoms. The van der Waals surface area contributed by atoms with E-state index >= 15 is 0 Å². The standard InChI is InChI=1S/C24H26N2O3/c27-21(28)16-17-25-22(18-10-4-1-5-11-18)23(19-12-6-2-7-13-19)26(29)24(25)20-14-8-3-9-15-20/h1-2,4-7,10-13,20H,3,8-9,14-17H2,(H,27,28). The fourth-order valence-corrected chi connectivity index (χ4v) is 4.48. The van der Waals surface area contributed by atoms with Crippen LogP contribution in [0.4, 0.5) is 0 Å². The lowest BCUT2D eigenvalue weighted by Gasteiger charge is -2.21. The molecule has 4 rings (SSSR count). The molecular formula is C24H26N2O3. The Morgan fingerprint density at radius 3 is 2.14 bits per heavy atom. The molecule has 0 atom stereocenters. The minimum absolute atomic E-state index is 0.0114. The molecular weight excluding hydrogens is 364 g/mol. The Hall–Kier alpha value is -3.08. The highest BCUT2D eigenvalue weighted by Crippen LogP contribution is 2.38. The van der Waals surface area contributed by atoms with Crippen molar-refractivity contribution in [3.63, 3.8) is 0 Å². The second-order valence-electron chi connectivity index (χ2n) is 7.71. The molecule has 1 saturated carbocycles. The van der Waals surface area contributed by atoms with E-state index in [2.05, 4.69) is 0 Å². The van der Waals surface area contributed by atoms with Crippen molar-refractivity contribution in [1.29, 1.82) is 0 Å². The Bertz CT molecular complexity index is 974. The molecule has 2 aromatic carbocycles. The average Bonchev–Trinajstić information content (AvgIpc) is 3.06. The van der Waals surface area contributed by atoms with E-state index in [-0.39, 0.29) is 12.3 Å². The number of rotatable bonds is 6. The van der Waals surface area contributed by atoms with Crippen molar-refractivity contribution >= 4 is 5.97 Å². The Labute approximate surface area is 170 Å². The lowest BCUT2D eigenvalue weighted by atomic mass is 9.88. The van der Waals surface area contributed by atoms with E-state index in [0.717, 1.165) is 47.2 Å². The van der Waals surface area contributed by atoms with E-state index in [1.807, 2.05) is 65.2 Å². The molecule has 3 aromatic rings. The van der Waals surface area contributed by atoms with Gasteiger partial charge in [-0.05, 0) is 12.8 Å². The van der Waals surface area contributed by atoms with Gasteiger partial charge in [0, 0.05) is 11.1 Å². The van der Waals surface area contributed by atoms with Crippen molar-refractivity contribution in [1.82, 2.24) is 4.57 Å². The molecule has 150 valence electrons. The first-order valence-corrected chi connectivity index (χ1v) is 10.4. The van der Waals surface area contributed by atoms with Crippen LogP contribution in [0.3, 0.4) is 0 Å². The number of imidazole rings is 1. The van der Waals surface area contributed by atoms with E-state index in [4.69, 9.17) is 0 Å². The predicted molar refractivity (Wildman–Crippen MR) is 112 cm³/mol. The highest BCUT2D eigenvalue weighted by atomic mass is 16.5. The topological polar surface area (TPSA) is 69.2 Å². The quantitative estimate of drug-likeness (QED) is 0.477. The zero-order valence-electron chi connectivity index (χ0n) is 16.5. The number of nitrogens with zero attached hydrogens (tertiary/aromatic N) is 2. The predicted octanol–water partition coefficient (Wildman–Crippen LogP) is 4.98. The van der Waals surface area contributed by atoms with Crippen LogP contribution < -0.4 is 4.73 Å². The van der Waals surface area contributed by atoms with Crippen LogP contribution in [-0.2, 0) is 11.3 Å². The van der Waals surface area contributed by atoms with Gasteiger partial charge in [0.05, 0.1) is 12.3 Å². The summed E-state index contributed by atoms with van der Waals surface area (Å²) in [6.45, 7) is 0.292. The highest BCUT2D eigenvalue weighted by molar-refractivity contribution is 5.77. The van der Waals surface area contributed by atoms with Gasteiger partial charge in [-0.2, -0.15) is 0 Å². The summed E-state index contributed by atoms with van der Waals surface area (Å²) < 4.78 is 3.06. The maximum atomic E-state index is 13.7. The third kappa shape index (κ3) is 3.90. The number of carboxylic acid groups (broad SMARTS) is 1. The van der Waals surface area contributed by atoms with Crippen LogP contribution in [0, 0.1) is 5.21 Å². The Balaban J connectivity index is 1.97. The molecule has 0 amide bonds. The Kier molecular flexibility index (Phi) is 5.65. The van der Waals surface area contributed by atoms with E-state index < -0.39 is 5.97 Å². The summed E-state index contributed by atoms with van der Waals surface area (Å²) in [4.78, 5) is 11.4. The van der Waals surface area contributed by atoms with Crippen LogP contribution in [0.5, 0.6) is 0 Å². The molecule has 1 aromatic heterocycles. The molecule has 1 N–H and O–H groups in total. The van der Waals surface area contributed by atoms with Crippen molar-refractivity contribution in [2.45, 2.75) is 51.0 Å². The van der Waals surface area contributed by atoms with E-state index in [0.29, 0.717) is 18.1 Å². The van der Waals surface area contributed by atoms with Crippen LogP contribution in [0.25, 0.3) is 22.5 Å². The normalized spacial score (nSPS) is 14.8. The van der Waals surface area contributed by atoms with Crippen molar-refractivity contribution in [2.75, 3.05) is 0 Å². The van der Waals surface area contributed by atoms with Gasteiger partial charge < -0.3 is 10.3 Å². The molecule has 5 nitrogen and oxygen atoms in total. The van der Waals surface area contributed by atoms with Gasteiger partial charge in [0.1, 0.15) is 6.54 Å². The maximum Gasteiger partial charge on any atom is 0.307 e. The fraction of sp³-hybridized carbons (Fsp3) is 0.333. The summed E-state index contributed by atoms with van der Waals surface area (Å²) in [5.41, 5.74) is 3.22. The molecule has 0 saturated heterocycles. The van der Waals surface area contributed by atoms with Gasteiger partial charge in [-0.15, -0.1) is 0 Å². The molecule has 0 unspecified atom stereocenters. The minimum atomic E-state index is -0.856. The smallest absolute Gasteiger partial charge is 0.307 e. The fourth-order valence-electron chi connectivity index (χ4n) is 4.48. The zero-order chi connectivity index (χ0) is 20.2. The average molecular weight is 390 g/mol. The number of aliphatic carboxylic acids is 1. The number of carboxylic acids is 1. The van der Waals surface area contributed by atoms with Gasteiger partial charge in [0.2, 0.25) is 0 Å². The van der Waals surface area contributed by atoms with Crippen LogP contribution in [0.15, 0.2) is 60.7 Å². The van der Waals surface area contributed by atoms with Gasteiger partial charge in [0.25, 0.3) is 5.82 Å². The number of carbonyl (C=O) groups is 1. The SMILES string of the molecule is O=C(O)CCn1c(-c2ccccc2)c(-c2ccccc2)[n+]([O-])c1C1CCCCC1. The minimum Gasteiger partial charge on any atom is -0.710 e. The molecule has 1 fully saturated rings. The van der Waals surface area contributed by atoms with Gasteiger partial charge in [-0.25, -0.2) is 9.30 Å². The number of hydrogen-bond acceptors (Lipinski definition) is 2. The van der Waals surface area contributed by atoms with E-state index in [1.165, 1.54) is 6.42 Å². The van der Waals surface area contributed by atoms with Gasteiger partial charge in [-0.3, -0.25) is 4.79 Å². The summed E-state index contributed by atoms with van der Waals surface area (Å²) >= 11 is 0. The molecule has 29 heavy (non-hydrogen) atoms. The first-order chi connectivity index (χ1) is 14.2. The Morgan fingerprint density at radius 2 is 1.55 bits per heavy atom. The van der Waals surface area contributed by atoms with E-state index in [1.54, 1.807) is 0 Å². The molecule has 1 heterocycles. The van der Waals surface area contributed by atoms with Crippen LogP contribution >= 0.6 is 0 Å². The van der Waals surface area contributed by atoms with Gasteiger partial charge >= 0.3 is 5.97 Å². The summed E-state index contributed by atoms with van der Waals surface area (Å²) in [5.74, 6) is 0.0182. The van der Waals surface area contributed by atoms with Crippen LogP contribution in [0.2, 0.25) is 0 Å². The monoisotopic (exact) mass is 390 g/mol. The summed E-state index contributed by atoms with van der Waals surface area (Å²) in [5, 5.41) is 23.0. The molecule has 0 radical (unpaired) electrons. The second kappa shape index (κ2) is 8.52. The van der Waals surface area contributed by atoms with Crippen LogP contribution in [-0.4, -0.2) is 15.6 Å². The van der Waals surface area contributed by atoms with Crippen molar-refractivity contribution < 1.29 is 14.6 Å². The van der Waals surface area contributed by atoms with Crippen LogP contribution in [0.1, 0.15) is 50.3 Å². The summed E-state index contributed by atoms with van der Waals surface area (Å²) in [6.07, 6.45) is 5.35. The number of benzene rings is 2.